The largest absolute Gasteiger partial charge is 0.383 e. The molecule has 2 saturated heterocycles. The Morgan fingerprint density at radius 2 is 1.96 bits per heavy atom. The first-order chi connectivity index (χ1) is 12.6. The van der Waals surface area contributed by atoms with Crippen molar-refractivity contribution in [3.05, 3.63) is 35.6 Å². The molecule has 0 aromatic heterocycles. The number of rotatable bonds is 5. The van der Waals surface area contributed by atoms with Crippen LogP contribution in [0, 0.1) is 11.2 Å². The normalized spacial score (nSPS) is 27.8. The van der Waals surface area contributed by atoms with E-state index in [1.165, 1.54) is 18.9 Å². The molecule has 2 aliphatic heterocycles. The highest BCUT2D eigenvalue weighted by molar-refractivity contribution is 5.91. The number of piperidine rings is 1. The Morgan fingerprint density at radius 3 is 2.69 bits per heavy atom. The van der Waals surface area contributed by atoms with Gasteiger partial charge < -0.3 is 14.5 Å². The number of likely N-dealkylation sites (tertiary alicyclic amines) is 2. The molecule has 1 aliphatic carbocycles. The average Bonchev–Trinajstić information content (AvgIpc) is 3.36. The number of hydrogen-bond donors (Lipinski definition) is 0. The van der Waals surface area contributed by atoms with Crippen LogP contribution < -0.4 is 0 Å². The van der Waals surface area contributed by atoms with Crippen molar-refractivity contribution in [3.63, 3.8) is 0 Å². The van der Waals surface area contributed by atoms with E-state index >= 15 is 0 Å². The van der Waals surface area contributed by atoms with Gasteiger partial charge in [0.2, 0.25) is 5.91 Å². The van der Waals surface area contributed by atoms with E-state index < -0.39 is 5.41 Å². The average molecular weight is 360 g/mol. The SMILES string of the molecule is COCCN1CCC[C@@]2(CCN(C(=O)C3(c4ccccc4F)CC3)C2)C1. The molecular formula is C21H29FN2O2. The van der Waals surface area contributed by atoms with Crippen molar-refractivity contribution in [3.8, 4) is 0 Å². The van der Waals surface area contributed by atoms with Crippen LogP contribution in [0.1, 0.15) is 37.7 Å². The van der Waals surface area contributed by atoms with Crippen LogP contribution in [0.2, 0.25) is 0 Å². The summed E-state index contributed by atoms with van der Waals surface area (Å²) in [6, 6.07) is 6.80. The Balaban J connectivity index is 1.45. The number of carbonyl (C=O) groups excluding carboxylic acids is 1. The lowest BCUT2D eigenvalue weighted by Crippen LogP contribution is -2.47. The molecule has 1 aromatic carbocycles. The number of amides is 1. The van der Waals surface area contributed by atoms with E-state index in [4.69, 9.17) is 4.74 Å². The molecule has 4 nitrogen and oxygen atoms in total. The molecule has 0 N–H and O–H groups in total. The Hall–Kier alpha value is -1.46. The van der Waals surface area contributed by atoms with Gasteiger partial charge in [0.05, 0.1) is 12.0 Å². The van der Waals surface area contributed by atoms with Crippen molar-refractivity contribution in [1.29, 1.82) is 0 Å². The fraction of sp³-hybridized carbons (Fsp3) is 0.667. The summed E-state index contributed by atoms with van der Waals surface area (Å²) < 4.78 is 19.5. The van der Waals surface area contributed by atoms with Crippen molar-refractivity contribution in [2.75, 3.05) is 46.4 Å². The number of halogens is 1. The van der Waals surface area contributed by atoms with Crippen LogP contribution in [0.5, 0.6) is 0 Å². The van der Waals surface area contributed by atoms with Gasteiger partial charge in [0.1, 0.15) is 5.82 Å². The summed E-state index contributed by atoms with van der Waals surface area (Å²) in [5, 5.41) is 0. The molecule has 1 amide bonds. The Bertz CT molecular complexity index is 676. The standard InChI is InChI=1S/C21H29FN2O2/c1-26-14-13-23-11-4-7-20(15-23)10-12-24(16-20)19(25)21(8-9-21)17-5-2-3-6-18(17)22/h2-3,5-6H,4,7-16H2,1H3/t20-/m1/s1. The summed E-state index contributed by atoms with van der Waals surface area (Å²) in [7, 11) is 1.74. The lowest BCUT2D eigenvalue weighted by atomic mass is 9.79. The second-order valence-corrected chi connectivity index (χ2v) is 8.41. The van der Waals surface area contributed by atoms with Crippen molar-refractivity contribution in [1.82, 2.24) is 9.80 Å². The van der Waals surface area contributed by atoms with Gasteiger partial charge in [-0.1, -0.05) is 18.2 Å². The quantitative estimate of drug-likeness (QED) is 0.809. The Morgan fingerprint density at radius 1 is 1.15 bits per heavy atom. The molecule has 1 atom stereocenters. The highest BCUT2D eigenvalue weighted by Gasteiger charge is 2.56. The zero-order chi connectivity index (χ0) is 18.2. The molecule has 2 heterocycles. The number of nitrogens with zero attached hydrogens (tertiary/aromatic N) is 2. The zero-order valence-corrected chi connectivity index (χ0v) is 15.7. The van der Waals surface area contributed by atoms with E-state index in [9.17, 15) is 9.18 Å². The van der Waals surface area contributed by atoms with Crippen molar-refractivity contribution < 1.29 is 13.9 Å². The number of hydrogen-bond acceptors (Lipinski definition) is 3. The highest BCUT2D eigenvalue weighted by atomic mass is 19.1. The molecule has 0 radical (unpaired) electrons. The summed E-state index contributed by atoms with van der Waals surface area (Å²) >= 11 is 0. The first-order valence-corrected chi connectivity index (χ1v) is 9.84. The third kappa shape index (κ3) is 3.16. The van der Waals surface area contributed by atoms with E-state index in [0.717, 1.165) is 58.6 Å². The maximum Gasteiger partial charge on any atom is 0.233 e. The van der Waals surface area contributed by atoms with E-state index in [1.54, 1.807) is 19.2 Å². The first kappa shape index (κ1) is 17.9. The maximum absolute atomic E-state index is 14.3. The highest BCUT2D eigenvalue weighted by Crippen LogP contribution is 2.52. The first-order valence-electron chi connectivity index (χ1n) is 9.84. The molecule has 4 rings (SSSR count). The van der Waals surface area contributed by atoms with Crippen LogP contribution in [0.3, 0.4) is 0 Å². The lowest BCUT2D eigenvalue weighted by Gasteiger charge is -2.40. The predicted octanol–water partition coefficient (Wildman–Crippen LogP) is 2.82. The summed E-state index contributed by atoms with van der Waals surface area (Å²) in [6.07, 6.45) is 4.99. The van der Waals surface area contributed by atoms with Crippen molar-refractivity contribution in [2.45, 2.75) is 37.5 Å². The number of benzene rings is 1. The number of methoxy groups -OCH3 is 1. The Kier molecular flexibility index (Phi) is 4.78. The maximum atomic E-state index is 14.3. The van der Waals surface area contributed by atoms with Gasteiger partial charge in [-0.05, 0) is 44.7 Å². The Labute approximate surface area is 155 Å². The van der Waals surface area contributed by atoms with E-state index in [-0.39, 0.29) is 17.1 Å². The van der Waals surface area contributed by atoms with Gasteiger partial charge >= 0.3 is 0 Å². The van der Waals surface area contributed by atoms with Crippen LogP contribution in [0.4, 0.5) is 4.39 Å². The van der Waals surface area contributed by atoms with Crippen LogP contribution in [-0.4, -0.2) is 62.1 Å². The fourth-order valence-electron chi connectivity index (χ4n) is 5.04. The summed E-state index contributed by atoms with van der Waals surface area (Å²) in [5.74, 6) is -0.0934. The predicted molar refractivity (Wildman–Crippen MR) is 98.5 cm³/mol. The van der Waals surface area contributed by atoms with Crippen LogP contribution >= 0.6 is 0 Å². The molecule has 1 saturated carbocycles. The zero-order valence-electron chi connectivity index (χ0n) is 15.7. The van der Waals surface area contributed by atoms with Crippen molar-refractivity contribution in [2.24, 2.45) is 5.41 Å². The minimum absolute atomic E-state index is 0.147. The minimum atomic E-state index is -0.596. The topological polar surface area (TPSA) is 32.8 Å². The molecule has 0 unspecified atom stereocenters. The molecule has 3 fully saturated rings. The van der Waals surface area contributed by atoms with Crippen molar-refractivity contribution >= 4 is 5.91 Å². The van der Waals surface area contributed by atoms with Crippen LogP contribution in [0.15, 0.2) is 24.3 Å². The molecule has 142 valence electrons. The van der Waals surface area contributed by atoms with E-state index in [0.29, 0.717) is 5.56 Å². The third-order valence-corrected chi connectivity index (χ3v) is 6.63. The summed E-state index contributed by atoms with van der Waals surface area (Å²) in [6.45, 7) is 5.53. The molecule has 26 heavy (non-hydrogen) atoms. The van der Waals surface area contributed by atoms with E-state index in [2.05, 4.69) is 4.90 Å². The molecule has 3 aliphatic rings. The van der Waals surface area contributed by atoms with Gasteiger partial charge in [-0.2, -0.15) is 0 Å². The third-order valence-electron chi connectivity index (χ3n) is 6.63. The summed E-state index contributed by atoms with van der Waals surface area (Å²) in [4.78, 5) is 17.8. The molecule has 0 bridgehead atoms. The fourth-order valence-corrected chi connectivity index (χ4v) is 5.04. The monoisotopic (exact) mass is 360 g/mol. The summed E-state index contributed by atoms with van der Waals surface area (Å²) in [5.41, 5.74) is 0.213. The van der Waals surface area contributed by atoms with Gasteiger partial charge in [0, 0.05) is 44.3 Å². The van der Waals surface area contributed by atoms with E-state index in [1.807, 2.05) is 11.0 Å². The molecule has 1 aromatic rings. The molecular weight excluding hydrogens is 331 g/mol. The van der Waals surface area contributed by atoms with Gasteiger partial charge in [0.25, 0.3) is 0 Å². The lowest BCUT2D eigenvalue weighted by molar-refractivity contribution is -0.133. The van der Waals surface area contributed by atoms with Gasteiger partial charge in [0.15, 0.2) is 0 Å². The second kappa shape index (κ2) is 6.93. The van der Waals surface area contributed by atoms with Gasteiger partial charge in [-0.15, -0.1) is 0 Å². The van der Waals surface area contributed by atoms with Crippen LogP contribution in [0.25, 0.3) is 0 Å². The van der Waals surface area contributed by atoms with Gasteiger partial charge in [-0.25, -0.2) is 4.39 Å². The minimum Gasteiger partial charge on any atom is -0.383 e. The number of ether oxygens (including phenoxy) is 1. The molecule has 1 spiro atoms. The van der Waals surface area contributed by atoms with Crippen LogP contribution in [-0.2, 0) is 14.9 Å². The van der Waals surface area contributed by atoms with Gasteiger partial charge in [-0.3, -0.25) is 4.79 Å². The number of carbonyl (C=O) groups is 1. The molecule has 5 heteroatoms. The smallest absolute Gasteiger partial charge is 0.233 e. The second-order valence-electron chi connectivity index (χ2n) is 8.41.